The molecule has 0 aliphatic carbocycles. The molecule has 11 rings (SSSR count). The predicted molar refractivity (Wildman–Crippen MR) is 253 cm³/mol. The van der Waals surface area contributed by atoms with E-state index < -0.39 is 0 Å². The van der Waals surface area contributed by atoms with Crippen molar-refractivity contribution in [2.75, 3.05) is 4.90 Å². The zero-order chi connectivity index (χ0) is 39.1. The summed E-state index contributed by atoms with van der Waals surface area (Å²) in [6.45, 7) is 0. The molecule has 0 radical (unpaired) electrons. The lowest BCUT2D eigenvalue weighted by atomic mass is 9.89. The summed E-state index contributed by atoms with van der Waals surface area (Å²) in [6, 6.07) is 86.2. The quantitative estimate of drug-likeness (QED) is 0.147. The van der Waals surface area contributed by atoms with E-state index in [-0.39, 0.29) is 0 Å². The van der Waals surface area contributed by atoms with Crippen molar-refractivity contribution in [1.82, 2.24) is 0 Å². The van der Waals surface area contributed by atoms with Crippen molar-refractivity contribution in [1.29, 1.82) is 0 Å². The lowest BCUT2D eigenvalue weighted by Crippen LogP contribution is -2.10. The van der Waals surface area contributed by atoms with Crippen LogP contribution in [0.15, 0.2) is 237 Å². The molecule has 0 aliphatic rings. The summed E-state index contributed by atoms with van der Waals surface area (Å²) in [6.07, 6.45) is 0. The van der Waals surface area contributed by atoms with Crippen LogP contribution in [0.4, 0.5) is 17.1 Å². The Morgan fingerprint density at radius 1 is 0.203 bits per heavy atom. The van der Waals surface area contributed by atoms with Crippen molar-refractivity contribution in [2.24, 2.45) is 0 Å². The van der Waals surface area contributed by atoms with Crippen LogP contribution in [0.3, 0.4) is 0 Å². The predicted octanol–water partition coefficient (Wildman–Crippen LogP) is 16.4. The Morgan fingerprint density at radius 3 is 1.27 bits per heavy atom. The lowest BCUT2D eigenvalue weighted by Gasteiger charge is -2.27. The van der Waals surface area contributed by atoms with Crippen molar-refractivity contribution >= 4 is 60.2 Å². The molecule has 0 bridgehead atoms. The summed E-state index contributed by atoms with van der Waals surface area (Å²) < 4.78 is 0. The fourth-order valence-corrected chi connectivity index (χ4v) is 9.02. The molecule has 0 aromatic heterocycles. The van der Waals surface area contributed by atoms with Crippen molar-refractivity contribution in [3.05, 3.63) is 237 Å². The second kappa shape index (κ2) is 14.6. The van der Waals surface area contributed by atoms with Gasteiger partial charge in [0.25, 0.3) is 0 Å². The van der Waals surface area contributed by atoms with E-state index in [9.17, 15) is 0 Å². The van der Waals surface area contributed by atoms with Gasteiger partial charge in [0.1, 0.15) is 0 Å². The van der Waals surface area contributed by atoms with Crippen LogP contribution < -0.4 is 4.90 Å². The van der Waals surface area contributed by atoms with Gasteiger partial charge in [-0.15, -0.1) is 0 Å². The van der Waals surface area contributed by atoms with Gasteiger partial charge in [-0.2, -0.15) is 0 Å². The van der Waals surface area contributed by atoms with Gasteiger partial charge in [0.05, 0.1) is 0 Å². The number of fused-ring (bicyclic) bond motifs is 6. The highest BCUT2D eigenvalue weighted by atomic mass is 15.1. The first-order valence-corrected chi connectivity index (χ1v) is 20.3. The normalized spacial score (nSPS) is 11.4. The molecule has 0 heterocycles. The minimum absolute atomic E-state index is 1.09. The van der Waals surface area contributed by atoms with Gasteiger partial charge in [0.15, 0.2) is 0 Å². The smallest absolute Gasteiger partial charge is 0.0467 e. The van der Waals surface area contributed by atoms with Crippen molar-refractivity contribution in [3.8, 4) is 44.5 Å². The summed E-state index contributed by atoms with van der Waals surface area (Å²) in [5, 5.41) is 10.1. The van der Waals surface area contributed by atoms with Gasteiger partial charge in [0.2, 0.25) is 0 Å². The zero-order valence-electron chi connectivity index (χ0n) is 32.5. The molecule has 0 saturated heterocycles. The van der Waals surface area contributed by atoms with Gasteiger partial charge in [-0.1, -0.05) is 188 Å². The van der Waals surface area contributed by atoms with Gasteiger partial charge in [-0.3, -0.25) is 0 Å². The highest BCUT2D eigenvalue weighted by molar-refractivity contribution is 6.15. The van der Waals surface area contributed by atoms with Crippen LogP contribution in [-0.4, -0.2) is 0 Å². The Morgan fingerprint density at radius 2 is 0.644 bits per heavy atom. The molecule has 1 nitrogen and oxygen atoms in total. The van der Waals surface area contributed by atoms with E-state index in [0.717, 1.165) is 17.1 Å². The average molecular weight is 750 g/mol. The molecule has 0 atom stereocenters. The molecule has 0 spiro atoms. The van der Waals surface area contributed by atoms with Gasteiger partial charge in [-0.25, -0.2) is 0 Å². The standard InChI is InChI=1S/C58H39N/c1-2-15-40(16-3-1)41-29-33-46(34-30-41)59(48-20-14-19-43(37-48)57-38-44-17-4-6-22-50(44)52-24-10-12-27-55(52)57)47-35-31-42(32-36-47)49-21-8-9-26-54(49)58-39-45-18-5-7-23-51(45)53-25-11-13-28-56(53)58/h1-39H. The molecule has 11 aromatic carbocycles. The molecule has 0 aliphatic heterocycles. The SMILES string of the molecule is c1ccc(-c2ccc(N(c3ccc(-c4ccccc4-c4cc5ccccc5c5ccccc45)cc3)c3cccc(-c4cc5ccccc5c5ccccc45)c3)cc2)cc1. The first-order chi connectivity index (χ1) is 29.3. The van der Waals surface area contributed by atoms with Gasteiger partial charge >= 0.3 is 0 Å². The molecule has 276 valence electrons. The fourth-order valence-electron chi connectivity index (χ4n) is 9.02. The molecule has 0 saturated carbocycles. The number of hydrogen-bond acceptors (Lipinski definition) is 1. The zero-order valence-corrected chi connectivity index (χ0v) is 32.5. The number of hydrogen-bond donors (Lipinski definition) is 0. The highest BCUT2D eigenvalue weighted by Gasteiger charge is 2.17. The van der Waals surface area contributed by atoms with Crippen LogP contribution >= 0.6 is 0 Å². The Kier molecular flexibility index (Phi) is 8.56. The number of benzene rings is 11. The molecule has 0 fully saturated rings. The van der Waals surface area contributed by atoms with Crippen molar-refractivity contribution in [2.45, 2.75) is 0 Å². The van der Waals surface area contributed by atoms with E-state index in [4.69, 9.17) is 0 Å². The number of rotatable bonds is 7. The van der Waals surface area contributed by atoms with Crippen LogP contribution in [0.1, 0.15) is 0 Å². The number of anilines is 3. The van der Waals surface area contributed by atoms with E-state index >= 15 is 0 Å². The van der Waals surface area contributed by atoms with E-state index in [1.807, 2.05) is 0 Å². The monoisotopic (exact) mass is 749 g/mol. The molecular formula is C58H39N. The molecule has 0 unspecified atom stereocenters. The Balaban J connectivity index is 1.04. The van der Waals surface area contributed by atoms with Crippen LogP contribution in [0.2, 0.25) is 0 Å². The molecule has 0 amide bonds. The molecule has 11 aromatic rings. The largest absolute Gasteiger partial charge is 0.310 e. The first-order valence-electron chi connectivity index (χ1n) is 20.3. The maximum atomic E-state index is 2.38. The Bertz CT molecular complexity index is 3310. The summed E-state index contributed by atoms with van der Waals surface area (Å²) in [5.41, 5.74) is 13.0. The summed E-state index contributed by atoms with van der Waals surface area (Å²) >= 11 is 0. The molecule has 1 heteroatoms. The third kappa shape index (κ3) is 6.21. The van der Waals surface area contributed by atoms with Crippen LogP contribution in [-0.2, 0) is 0 Å². The van der Waals surface area contributed by atoms with E-state index in [0.29, 0.717) is 0 Å². The Labute approximate surface area is 344 Å². The van der Waals surface area contributed by atoms with Gasteiger partial charge in [0, 0.05) is 17.1 Å². The van der Waals surface area contributed by atoms with Crippen LogP contribution in [0.25, 0.3) is 87.6 Å². The van der Waals surface area contributed by atoms with Crippen molar-refractivity contribution < 1.29 is 0 Å². The van der Waals surface area contributed by atoms with E-state index in [2.05, 4.69) is 241 Å². The molecule has 59 heavy (non-hydrogen) atoms. The maximum Gasteiger partial charge on any atom is 0.0467 e. The fraction of sp³-hybridized carbons (Fsp3) is 0. The van der Waals surface area contributed by atoms with Gasteiger partial charge in [-0.05, 0) is 136 Å². The third-order valence-electron chi connectivity index (χ3n) is 11.8. The van der Waals surface area contributed by atoms with Crippen LogP contribution in [0.5, 0.6) is 0 Å². The van der Waals surface area contributed by atoms with Crippen molar-refractivity contribution in [3.63, 3.8) is 0 Å². The first kappa shape index (κ1) is 34.5. The van der Waals surface area contributed by atoms with Crippen LogP contribution in [0, 0.1) is 0 Å². The summed E-state index contributed by atoms with van der Waals surface area (Å²) in [4.78, 5) is 2.38. The number of nitrogens with zero attached hydrogens (tertiary/aromatic N) is 1. The van der Waals surface area contributed by atoms with E-state index in [1.54, 1.807) is 0 Å². The third-order valence-corrected chi connectivity index (χ3v) is 11.8. The second-order valence-electron chi connectivity index (χ2n) is 15.3. The lowest BCUT2D eigenvalue weighted by molar-refractivity contribution is 1.28. The molecule has 0 N–H and O–H groups in total. The summed E-state index contributed by atoms with van der Waals surface area (Å²) in [7, 11) is 0. The summed E-state index contributed by atoms with van der Waals surface area (Å²) in [5.74, 6) is 0. The Hall–Kier alpha value is -7.74. The second-order valence-corrected chi connectivity index (χ2v) is 15.3. The molecular weight excluding hydrogens is 711 g/mol. The minimum atomic E-state index is 1.09. The topological polar surface area (TPSA) is 3.24 Å². The highest BCUT2D eigenvalue weighted by Crippen LogP contribution is 2.43. The maximum absolute atomic E-state index is 2.38. The van der Waals surface area contributed by atoms with Gasteiger partial charge < -0.3 is 4.90 Å². The average Bonchev–Trinajstić information content (AvgIpc) is 3.32. The minimum Gasteiger partial charge on any atom is -0.310 e. The van der Waals surface area contributed by atoms with E-state index in [1.165, 1.54) is 87.6 Å².